The van der Waals surface area contributed by atoms with Crippen molar-refractivity contribution in [1.82, 2.24) is 5.32 Å². The van der Waals surface area contributed by atoms with E-state index in [2.05, 4.69) is 44.3 Å². The lowest BCUT2D eigenvalue weighted by atomic mass is 9.83. The molecule has 0 bridgehead atoms. The Morgan fingerprint density at radius 1 is 1.35 bits per heavy atom. The second kappa shape index (κ2) is 5.19. The second-order valence-corrected chi connectivity index (χ2v) is 5.38. The minimum absolute atomic E-state index is 0.290. The van der Waals surface area contributed by atoms with E-state index in [-0.39, 0.29) is 0 Å². The summed E-state index contributed by atoms with van der Waals surface area (Å²) in [5.74, 6) is 0.577. The average Bonchev–Trinajstić information content (AvgIpc) is 2.32. The number of hydrogen-bond acceptors (Lipinski definition) is 2. The zero-order chi connectivity index (χ0) is 12.4. The number of piperidine rings is 1. The van der Waals surface area contributed by atoms with Gasteiger partial charge < -0.3 is 11.1 Å². The molecule has 1 aromatic carbocycles. The van der Waals surface area contributed by atoms with E-state index < -0.39 is 0 Å². The van der Waals surface area contributed by atoms with Crippen LogP contribution in [0.5, 0.6) is 0 Å². The molecule has 17 heavy (non-hydrogen) atoms. The van der Waals surface area contributed by atoms with E-state index in [0.717, 1.165) is 19.4 Å². The van der Waals surface area contributed by atoms with Crippen LogP contribution >= 0.6 is 0 Å². The highest BCUT2D eigenvalue weighted by molar-refractivity contribution is 5.34. The Morgan fingerprint density at radius 2 is 2.12 bits per heavy atom. The molecule has 1 fully saturated rings. The summed E-state index contributed by atoms with van der Waals surface area (Å²) >= 11 is 0. The van der Waals surface area contributed by atoms with Crippen molar-refractivity contribution in [2.75, 3.05) is 6.54 Å². The molecule has 1 heterocycles. The Kier molecular flexibility index (Phi) is 3.85. The predicted octanol–water partition coefficient (Wildman–Crippen LogP) is 2.49. The van der Waals surface area contributed by atoms with Gasteiger partial charge in [0.25, 0.3) is 0 Å². The van der Waals surface area contributed by atoms with Gasteiger partial charge in [0.05, 0.1) is 0 Å². The lowest BCUT2D eigenvalue weighted by Gasteiger charge is -2.35. The molecule has 0 radical (unpaired) electrons. The molecule has 0 amide bonds. The van der Waals surface area contributed by atoms with Crippen molar-refractivity contribution < 1.29 is 0 Å². The molecular formula is C15H24N2. The van der Waals surface area contributed by atoms with Crippen molar-refractivity contribution in [3.8, 4) is 0 Å². The molecule has 0 aliphatic carbocycles. The minimum Gasteiger partial charge on any atom is -0.326 e. The number of aryl methyl sites for hydroxylation is 2. The largest absolute Gasteiger partial charge is 0.326 e. The quantitative estimate of drug-likeness (QED) is 0.822. The van der Waals surface area contributed by atoms with Gasteiger partial charge in [-0.3, -0.25) is 0 Å². The Hall–Kier alpha value is -0.860. The van der Waals surface area contributed by atoms with Crippen molar-refractivity contribution in [2.45, 2.75) is 51.6 Å². The first kappa shape index (κ1) is 12.6. The topological polar surface area (TPSA) is 38.0 Å². The number of nitrogens with one attached hydrogen (secondary N) is 1. The van der Waals surface area contributed by atoms with Crippen LogP contribution in [0, 0.1) is 13.8 Å². The van der Waals surface area contributed by atoms with Crippen LogP contribution in [0.15, 0.2) is 18.2 Å². The highest BCUT2D eigenvalue weighted by atomic mass is 15.0. The Bertz CT molecular complexity index is 387. The van der Waals surface area contributed by atoms with E-state index in [4.69, 9.17) is 5.73 Å². The maximum Gasteiger partial charge on any atom is 0.0216 e. The zero-order valence-electron chi connectivity index (χ0n) is 11.2. The van der Waals surface area contributed by atoms with Crippen LogP contribution < -0.4 is 11.1 Å². The number of benzene rings is 1. The molecule has 1 aliphatic heterocycles. The fourth-order valence-electron chi connectivity index (χ4n) is 2.90. The van der Waals surface area contributed by atoms with E-state index >= 15 is 0 Å². The molecule has 1 aromatic rings. The minimum atomic E-state index is 0.290. The molecule has 1 saturated heterocycles. The van der Waals surface area contributed by atoms with Crippen molar-refractivity contribution in [2.24, 2.45) is 5.73 Å². The lowest BCUT2D eigenvalue weighted by Crippen LogP contribution is -2.51. The molecule has 3 atom stereocenters. The number of hydrogen-bond donors (Lipinski definition) is 2. The summed E-state index contributed by atoms with van der Waals surface area (Å²) in [5.41, 5.74) is 10.5. The molecule has 3 N–H and O–H groups in total. The predicted molar refractivity (Wildman–Crippen MR) is 73.3 cm³/mol. The van der Waals surface area contributed by atoms with Crippen LogP contribution in [0.2, 0.25) is 0 Å². The lowest BCUT2D eigenvalue weighted by molar-refractivity contribution is 0.314. The maximum atomic E-state index is 6.24. The fourth-order valence-corrected chi connectivity index (χ4v) is 2.90. The molecule has 0 saturated carbocycles. The monoisotopic (exact) mass is 232 g/mol. The fraction of sp³-hybridized carbons (Fsp3) is 0.600. The first-order chi connectivity index (χ1) is 8.11. The molecule has 1 aliphatic rings. The summed E-state index contributed by atoms with van der Waals surface area (Å²) < 4.78 is 0. The first-order valence-corrected chi connectivity index (χ1v) is 6.68. The summed E-state index contributed by atoms with van der Waals surface area (Å²) in [5, 5.41) is 3.59. The van der Waals surface area contributed by atoms with Crippen molar-refractivity contribution in [3.63, 3.8) is 0 Å². The Balaban J connectivity index is 2.16. The van der Waals surface area contributed by atoms with Crippen LogP contribution in [0.25, 0.3) is 0 Å². The van der Waals surface area contributed by atoms with Crippen molar-refractivity contribution in [3.05, 3.63) is 34.9 Å². The first-order valence-electron chi connectivity index (χ1n) is 6.68. The molecule has 0 spiro atoms. The Morgan fingerprint density at radius 3 is 2.76 bits per heavy atom. The van der Waals surface area contributed by atoms with Crippen LogP contribution in [-0.4, -0.2) is 18.6 Å². The van der Waals surface area contributed by atoms with E-state index in [1.54, 1.807) is 0 Å². The van der Waals surface area contributed by atoms with E-state index in [0.29, 0.717) is 18.0 Å². The van der Waals surface area contributed by atoms with Gasteiger partial charge in [0, 0.05) is 18.6 Å². The van der Waals surface area contributed by atoms with Crippen LogP contribution in [0.4, 0.5) is 0 Å². The van der Waals surface area contributed by atoms with E-state index in [9.17, 15) is 0 Å². The molecule has 3 unspecified atom stereocenters. The summed E-state index contributed by atoms with van der Waals surface area (Å²) in [7, 11) is 0. The van der Waals surface area contributed by atoms with Gasteiger partial charge >= 0.3 is 0 Å². The highest BCUT2D eigenvalue weighted by Gasteiger charge is 2.27. The maximum absolute atomic E-state index is 6.24. The third-order valence-electron chi connectivity index (χ3n) is 4.01. The van der Waals surface area contributed by atoms with Crippen molar-refractivity contribution in [1.29, 1.82) is 0 Å². The third-order valence-corrected chi connectivity index (χ3v) is 4.01. The molecule has 2 heteroatoms. The normalized spacial score (nSPS) is 29.3. The zero-order valence-corrected chi connectivity index (χ0v) is 11.2. The van der Waals surface area contributed by atoms with Gasteiger partial charge in [-0.05, 0) is 43.7 Å². The van der Waals surface area contributed by atoms with Gasteiger partial charge in [0.1, 0.15) is 0 Å². The molecule has 94 valence electrons. The van der Waals surface area contributed by atoms with Gasteiger partial charge in [-0.2, -0.15) is 0 Å². The van der Waals surface area contributed by atoms with Gasteiger partial charge in [-0.25, -0.2) is 0 Å². The van der Waals surface area contributed by atoms with Gasteiger partial charge in [-0.1, -0.05) is 30.7 Å². The van der Waals surface area contributed by atoms with E-state index in [1.165, 1.54) is 16.7 Å². The smallest absolute Gasteiger partial charge is 0.0216 e. The van der Waals surface area contributed by atoms with Crippen LogP contribution in [0.3, 0.4) is 0 Å². The number of rotatable bonds is 2. The van der Waals surface area contributed by atoms with Crippen LogP contribution in [0.1, 0.15) is 42.4 Å². The Labute approximate surface area is 105 Å². The summed E-state index contributed by atoms with van der Waals surface area (Å²) in [6.45, 7) is 7.63. The molecule has 0 aromatic heterocycles. The van der Waals surface area contributed by atoms with Gasteiger partial charge in [0.15, 0.2) is 0 Å². The third kappa shape index (κ3) is 2.70. The molecule has 2 rings (SSSR count). The van der Waals surface area contributed by atoms with Gasteiger partial charge in [-0.15, -0.1) is 0 Å². The van der Waals surface area contributed by atoms with Gasteiger partial charge in [0.2, 0.25) is 0 Å². The summed E-state index contributed by atoms with van der Waals surface area (Å²) in [6, 6.07) is 7.52. The number of nitrogens with two attached hydrogens (primary N) is 1. The van der Waals surface area contributed by atoms with Crippen LogP contribution in [-0.2, 0) is 0 Å². The van der Waals surface area contributed by atoms with Crippen molar-refractivity contribution >= 4 is 0 Å². The summed E-state index contributed by atoms with van der Waals surface area (Å²) in [6.07, 6.45) is 2.23. The molecule has 2 nitrogen and oxygen atoms in total. The average molecular weight is 232 g/mol. The molecular weight excluding hydrogens is 208 g/mol. The van der Waals surface area contributed by atoms with E-state index in [1.807, 2.05) is 0 Å². The SMILES string of the molecule is CCC1NCC(c2cc(C)ccc2C)CC1N. The standard InChI is InChI=1S/C15H24N2/c1-4-15-14(16)8-12(9-17-15)13-7-10(2)5-6-11(13)3/h5-7,12,14-15,17H,4,8-9,16H2,1-3H3. The summed E-state index contributed by atoms with van der Waals surface area (Å²) in [4.78, 5) is 0. The second-order valence-electron chi connectivity index (χ2n) is 5.38. The highest BCUT2D eigenvalue weighted by Crippen LogP contribution is 2.28.